The molecule has 0 bridgehead atoms. The van der Waals surface area contributed by atoms with E-state index in [1.807, 2.05) is 20.9 Å². The minimum Gasteiger partial charge on any atom is -0.367 e. The highest BCUT2D eigenvalue weighted by Crippen LogP contribution is 2.38. The molecule has 41 heavy (non-hydrogen) atoms. The monoisotopic (exact) mass is 582 g/mol. The van der Waals surface area contributed by atoms with Crippen molar-refractivity contribution in [2.24, 2.45) is 5.73 Å². The van der Waals surface area contributed by atoms with Crippen molar-refractivity contribution < 1.29 is 40.3 Å². The number of piperazine rings is 1. The standard InChI is InChI=1S/C28H25F7N4O2/c1-13-11-39(12-14(2)38(13)3)24-10-20(30)18(15-6-21(31)25(26(36)40)22(32)7-15)9-23(24)37-27(41)17-5-4-16(29)8-19(17)28(33,34)35/h4-10,13-14H,11-12H2,1-3H3,(H2,36,40)(H,37,41). The Hall–Kier alpha value is -4.13. The first kappa shape index (κ1) is 29.8. The van der Waals surface area contributed by atoms with Crippen LogP contribution < -0.4 is 16.0 Å². The molecular weight excluding hydrogens is 557 g/mol. The number of halogens is 7. The van der Waals surface area contributed by atoms with E-state index in [-0.39, 0.29) is 35.1 Å². The van der Waals surface area contributed by atoms with Crippen LogP contribution in [0.3, 0.4) is 0 Å². The van der Waals surface area contributed by atoms with Crippen molar-refractivity contribution in [3.8, 4) is 11.1 Å². The van der Waals surface area contributed by atoms with Gasteiger partial charge in [-0.3, -0.25) is 14.5 Å². The van der Waals surface area contributed by atoms with Crippen LogP contribution in [0.15, 0.2) is 42.5 Å². The molecule has 0 spiro atoms. The van der Waals surface area contributed by atoms with Gasteiger partial charge in [-0.15, -0.1) is 0 Å². The van der Waals surface area contributed by atoms with Crippen LogP contribution in [0.2, 0.25) is 0 Å². The third-order valence-electron chi connectivity index (χ3n) is 7.17. The quantitative estimate of drug-likeness (QED) is 0.373. The minimum atomic E-state index is -5.06. The van der Waals surface area contributed by atoms with Crippen LogP contribution in [0.25, 0.3) is 11.1 Å². The first-order valence-corrected chi connectivity index (χ1v) is 12.4. The number of amides is 2. The summed E-state index contributed by atoms with van der Waals surface area (Å²) in [6.45, 7) is 4.52. The number of benzene rings is 3. The molecule has 2 unspecified atom stereocenters. The molecule has 4 rings (SSSR count). The summed E-state index contributed by atoms with van der Waals surface area (Å²) in [6, 6.07) is 4.85. The van der Waals surface area contributed by atoms with Crippen molar-refractivity contribution in [2.45, 2.75) is 32.1 Å². The molecule has 6 nitrogen and oxygen atoms in total. The normalized spacial score (nSPS) is 18.0. The van der Waals surface area contributed by atoms with Crippen LogP contribution in [0.4, 0.5) is 42.1 Å². The Kier molecular flexibility index (Phi) is 8.03. The Labute approximate surface area is 230 Å². The van der Waals surface area contributed by atoms with Gasteiger partial charge in [0.1, 0.15) is 28.8 Å². The average molecular weight is 583 g/mol. The number of nitrogens with zero attached hydrogens (tertiary/aromatic N) is 2. The molecule has 1 aliphatic rings. The zero-order valence-electron chi connectivity index (χ0n) is 22.0. The molecular formula is C28H25F7N4O2. The van der Waals surface area contributed by atoms with E-state index in [1.165, 1.54) is 0 Å². The zero-order valence-corrected chi connectivity index (χ0v) is 22.0. The van der Waals surface area contributed by atoms with Gasteiger partial charge in [0, 0.05) is 30.7 Å². The molecule has 3 aromatic rings. The summed E-state index contributed by atoms with van der Waals surface area (Å²) in [5.41, 5.74) is 0.735. The summed E-state index contributed by atoms with van der Waals surface area (Å²) in [5, 5.41) is 2.35. The molecule has 1 heterocycles. The molecule has 3 N–H and O–H groups in total. The van der Waals surface area contributed by atoms with Gasteiger partial charge in [0.2, 0.25) is 0 Å². The molecule has 218 valence electrons. The first-order valence-electron chi connectivity index (χ1n) is 12.4. The van der Waals surface area contributed by atoms with Crippen molar-refractivity contribution in [3.05, 3.63) is 82.4 Å². The highest BCUT2D eigenvalue weighted by atomic mass is 19.4. The Balaban J connectivity index is 1.86. The summed E-state index contributed by atoms with van der Waals surface area (Å²) >= 11 is 0. The lowest BCUT2D eigenvalue weighted by molar-refractivity contribution is -0.138. The number of nitrogens with one attached hydrogen (secondary N) is 1. The smallest absolute Gasteiger partial charge is 0.367 e. The van der Waals surface area contributed by atoms with Crippen molar-refractivity contribution in [3.63, 3.8) is 0 Å². The van der Waals surface area contributed by atoms with Crippen molar-refractivity contribution in [1.29, 1.82) is 0 Å². The van der Waals surface area contributed by atoms with Crippen LogP contribution >= 0.6 is 0 Å². The fourth-order valence-electron chi connectivity index (χ4n) is 4.85. The number of primary amides is 1. The SMILES string of the molecule is CC1CN(c2cc(F)c(-c3cc(F)c(C(N)=O)c(F)c3)cc2NC(=O)c2ccc(F)cc2C(F)(F)F)CC(C)N1C. The van der Waals surface area contributed by atoms with Gasteiger partial charge in [-0.2, -0.15) is 13.2 Å². The third kappa shape index (κ3) is 5.99. The van der Waals surface area contributed by atoms with E-state index >= 15 is 4.39 Å². The Morgan fingerprint density at radius 1 is 0.902 bits per heavy atom. The second kappa shape index (κ2) is 11.0. The van der Waals surface area contributed by atoms with E-state index in [0.29, 0.717) is 37.4 Å². The Morgan fingerprint density at radius 2 is 1.49 bits per heavy atom. The number of carbonyl (C=O) groups is 2. The number of nitrogens with two attached hydrogens (primary N) is 1. The molecule has 1 fully saturated rings. The van der Waals surface area contributed by atoms with Gasteiger partial charge in [0.25, 0.3) is 11.8 Å². The maximum Gasteiger partial charge on any atom is 0.417 e. The molecule has 3 aromatic carbocycles. The molecule has 2 amide bonds. The van der Waals surface area contributed by atoms with E-state index in [4.69, 9.17) is 5.73 Å². The fraction of sp³-hybridized carbons (Fsp3) is 0.286. The highest BCUT2D eigenvalue weighted by molar-refractivity contribution is 6.07. The largest absolute Gasteiger partial charge is 0.417 e. The van der Waals surface area contributed by atoms with Gasteiger partial charge >= 0.3 is 6.18 Å². The van der Waals surface area contributed by atoms with Crippen LogP contribution in [-0.4, -0.2) is 48.9 Å². The molecule has 0 radical (unpaired) electrons. The number of likely N-dealkylation sites (N-methyl/N-ethyl adjacent to an activating group) is 1. The van der Waals surface area contributed by atoms with E-state index in [2.05, 4.69) is 10.2 Å². The van der Waals surface area contributed by atoms with Crippen molar-refractivity contribution >= 4 is 23.2 Å². The van der Waals surface area contributed by atoms with E-state index in [1.54, 1.807) is 4.90 Å². The van der Waals surface area contributed by atoms with Crippen LogP contribution in [0, 0.1) is 23.3 Å². The van der Waals surface area contributed by atoms with Gasteiger partial charge in [0.15, 0.2) is 0 Å². The zero-order chi connectivity index (χ0) is 30.4. The molecule has 2 atom stereocenters. The second-order valence-electron chi connectivity index (χ2n) is 9.94. The topological polar surface area (TPSA) is 78.7 Å². The third-order valence-corrected chi connectivity index (χ3v) is 7.17. The highest BCUT2D eigenvalue weighted by Gasteiger charge is 2.36. The van der Waals surface area contributed by atoms with Gasteiger partial charge in [-0.05, 0) is 68.9 Å². The lowest BCUT2D eigenvalue weighted by Crippen LogP contribution is -2.55. The molecule has 0 aliphatic carbocycles. The molecule has 13 heteroatoms. The van der Waals surface area contributed by atoms with E-state index in [9.17, 15) is 35.9 Å². The fourth-order valence-corrected chi connectivity index (χ4v) is 4.85. The van der Waals surface area contributed by atoms with Crippen molar-refractivity contribution in [1.82, 2.24) is 4.90 Å². The molecule has 0 saturated carbocycles. The van der Waals surface area contributed by atoms with Gasteiger partial charge < -0.3 is 16.0 Å². The maximum absolute atomic E-state index is 15.5. The van der Waals surface area contributed by atoms with Crippen LogP contribution in [0.5, 0.6) is 0 Å². The molecule has 0 aromatic heterocycles. The maximum atomic E-state index is 15.5. The van der Waals surface area contributed by atoms with Gasteiger partial charge in [0.05, 0.1) is 22.5 Å². The summed E-state index contributed by atoms with van der Waals surface area (Å²) < 4.78 is 99.0. The number of anilines is 2. The summed E-state index contributed by atoms with van der Waals surface area (Å²) in [4.78, 5) is 28.3. The lowest BCUT2D eigenvalue weighted by Gasteiger charge is -2.44. The lowest BCUT2D eigenvalue weighted by atomic mass is 9.99. The number of hydrogen-bond acceptors (Lipinski definition) is 4. The molecule has 1 saturated heterocycles. The summed E-state index contributed by atoms with van der Waals surface area (Å²) in [5.74, 6) is -7.53. The molecule has 1 aliphatic heterocycles. The predicted octanol–water partition coefficient (Wildman–Crippen LogP) is 5.81. The van der Waals surface area contributed by atoms with Crippen LogP contribution in [-0.2, 0) is 6.18 Å². The predicted molar refractivity (Wildman–Crippen MR) is 139 cm³/mol. The minimum absolute atomic E-state index is 0.0384. The average Bonchev–Trinajstić information content (AvgIpc) is 2.86. The number of rotatable bonds is 5. The Bertz CT molecular complexity index is 1490. The first-order chi connectivity index (χ1) is 19.1. The van der Waals surface area contributed by atoms with Gasteiger partial charge in [-0.1, -0.05) is 0 Å². The summed E-state index contributed by atoms with van der Waals surface area (Å²) in [7, 11) is 1.89. The van der Waals surface area contributed by atoms with Gasteiger partial charge in [-0.25, -0.2) is 17.6 Å². The van der Waals surface area contributed by atoms with Crippen molar-refractivity contribution in [2.75, 3.05) is 30.4 Å². The van der Waals surface area contributed by atoms with E-state index in [0.717, 1.165) is 12.1 Å². The number of alkyl halides is 3. The van der Waals surface area contributed by atoms with E-state index < -0.39 is 63.5 Å². The Morgan fingerprint density at radius 3 is 2.02 bits per heavy atom. The number of carbonyl (C=O) groups excluding carboxylic acids is 2. The van der Waals surface area contributed by atoms with Crippen LogP contribution in [0.1, 0.15) is 40.1 Å². The second-order valence-corrected chi connectivity index (χ2v) is 9.94. The summed E-state index contributed by atoms with van der Waals surface area (Å²) in [6.07, 6.45) is -5.06. The number of hydrogen-bond donors (Lipinski definition) is 2.